The summed E-state index contributed by atoms with van der Waals surface area (Å²) in [4.78, 5) is 14.2. The van der Waals surface area contributed by atoms with Crippen molar-refractivity contribution in [2.24, 2.45) is 4.99 Å². The molecule has 5 heteroatoms. The van der Waals surface area contributed by atoms with Crippen molar-refractivity contribution in [1.29, 1.82) is 0 Å². The van der Waals surface area contributed by atoms with Gasteiger partial charge in [0.2, 0.25) is 0 Å². The quantitative estimate of drug-likeness (QED) is 0.519. The SMILES string of the molecule is Cc1cccc(C=Nc2cc([N+](=O)[O-])ccc2O)c1. The fourth-order valence-electron chi connectivity index (χ4n) is 1.62. The van der Waals surface area contributed by atoms with Crippen molar-refractivity contribution in [1.82, 2.24) is 0 Å². The highest BCUT2D eigenvalue weighted by Crippen LogP contribution is 2.30. The molecule has 0 aliphatic carbocycles. The topological polar surface area (TPSA) is 75.7 Å². The van der Waals surface area contributed by atoms with E-state index in [4.69, 9.17) is 0 Å². The minimum absolute atomic E-state index is 0.0884. The van der Waals surface area contributed by atoms with E-state index in [-0.39, 0.29) is 17.1 Å². The number of phenolic OH excluding ortho intramolecular Hbond substituents is 1. The summed E-state index contributed by atoms with van der Waals surface area (Å²) >= 11 is 0. The molecule has 1 N–H and O–H groups in total. The van der Waals surface area contributed by atoms with Crippen LogP contribution in [0.2, 0.25) is 0 Å². The predicted molar refractivity (Wildman–Crippen MR) is 73.2 cm³/mol. The first-order valence-corrected chi connectivity index (χ1v) is 5.64. The van der Waals surface area contributed by atoms with Gasteiger partial charge in [0, 0.05) is 18.3 Å². The van der Waals surface area contributed by atoms with Gasteiger partial charge in [-0.2, -0.15) is 0 Å². The number of nitro groups is 1. The summed E-state index contributed by atoms with van der Waals surface area (Å²) in [6, 6.07) is 11.4. The van der Waals surface area contributed by atoms with Crippen LogP contribution in [0.25, 0.3) is 0 Å². The minimum atomic E-state index is -0.523. The van der Waals surface area contributed by atoms with Gasteiger partial charge in [-0.3, -0.25) is 15.1 Å². The Hall–Kier alpha value is -2.69. The average Bonchev–Trinajstić information content (AvgIpc) is 2.37. The Labute approximate surface area is 110 Å². The van der Waals surface area contributed by atoms with Gasteiger partial charge in [0.1, 0.15) is 11.4 Å². The van der Waals surface area contributed by atoms with Crippen molar-refractivity contribution < 1.29 is 10.0 Å². The molecule has 0 aromatic heterocycles. The standard InChI is InChI=1S/C14H12N2O3/c1-10-3-2-4-11(7-10)9-15-13-8-12(16(18)19)5-6-14(13)17/h2-9,17H,1H3. The number of hydrogen-bond acceptors (Lipinski definition) is 4. The van der Waals surface area contributed by atoms with Crippen molar-refractivity contribution in [3.05, 3.63) is 63.7 Å². The molecule has 0 spiro atoms. The molecule has 2 aromatic carbocycles. The first-order chi connectivity index (χ1) is 9.06. The number of aryl methyl sites for hydroxylation is 1. The van der Waals surface area contributed by atoms with E-state index in [9.17, 15) is 15.2 Å². The molecule has 19 heavy (non-hydrogen) atoms. The average molecular weight is 256 g/mol. The molecule has 0 amide bonds. The van der Waals surface area contributed by atoms with Crippen LogP contribution in [0.4, 0.5) is 11.4 Å². The molecule has 5 nitrogen and oxygen atoms in total. The number of nitrogens with zero attached hydrogens (tertiary/aromatic N) is 2. The second-order valence-corrected chi connectivity index (χ2v) is 4.10. The summed E-state index contributed by atoms with van der Waals surface area (Å²) < 4.78 is 0. The highest BCUT2D eigenvalue weighted by molar-refractivity contribution is 5.83. The number of phenols is 1. The molecule has 0 unspecified atom stereocenters. The van der Waals surface area contributed by atoms with Crippen LogP contribution in [0.15, 0.2) is 47.5 Å². The van der Waals surface area contributed by atoms with E-state index in [0.717, 1.165) is 11.1 Å². The van der Waals surface area contributed by atoms with E-state index in [0.29, 0.717) is 0 Å². The Morgan fingerprint density at radius 2 is 2.05 bits per heavy atom. The van der Waals surface area contributed by atoms with Crippen LogP contribution in [-0.4, -0.2) is 16.2 Å². The van der Waals surface area contributed by atoms with Gasteiger partial charge in [-0.1, -0.05) is 29.8 Å². The maximum atomic E-state index is 10.7. The summed E-state index contributed by atoms with van der Waals surface area (Å²) in [5.41, 5.74) is 2.03. The lowest BCUT2D eigenvalue weighted by Crippen LogP contribution is -1.87. The summed E-state index contributed by atoms with van der Waals surface area (Å²) in [7, 11) is 0. The van der Waals surface area contributed by atoms with Crippen molar-refractivity contribution in [3.8, 4) is 5.75 Å². The van der Waals surface area contributed by atoms with E-state index in [1.807, 2.05) is 31.2 Å². The van der Waals surface area contributed by atoms with E-state index in [2.05, 4.69) is 4.99 Å². The van der Waals surface area contributed by atoms with Gasteiger partial charge < -0.3 is 5.11 Å². The smallest absolute Gasteiger partial charge is 0.271 e. The predicted octanol–water partition coefficient (Wildman–Crippen LogP) is 3.36. The van der Waals surface area contributed by atoms with Crippen LogP contribution >= 0.6 is 0 Å². The van der Waals surface area contributed by atoms with E-state index in [1.54, 1.807) is 6.21 Å². The molecule has 0 aliphatic rings. The maximum Gasteiger partial charge on any atom is 0.271 e. The molecule has 0 saturated heterocycles. The molecule has 2 aromatic rings. The molecule has 0 fully saturated rings. The molecule has 0 heterocycles. The van der Waals surface area contributed by atoms with Gasteiger partial charge in [0.25, 0.3) is 5.69 Å². The maximum absolute atomic E-state index is 10.7. The Morgan fingerprint density at radius 1 is 1.26 bits per heavy atom. The summed E-state index contributed by atoms with van der Waals surface area (Å²) in [5, 5.41) is 20.3. The molecule has 2 rings (SSSR count). The van der Waals surface area contributed by atoms with Gasteiger partial charge in [-0.15, -0.1) is 0 Å². The zero-order valence-electron chi connectivity index (χ0n) is 10.3. The van der Waals surface area contributed by atoms with E-state index >= 15 is 0 Å². The zero-order valence-corrected chi connectivity index (χ0v) is 10.3. The largest absolute Gasteiger partial charge is 0.506 e. The normalized spacial score (nSPS) is 10.8. The van der Waals surface area contributed by atoms with Crippen LogP contribution < -0.4 is 0 Å². The van der Waals surface area contributed by atoms with Crippen LogP contribution in [0, 0.1) is 17.0 Å². The number of aliphatic imine (C=N–C) groups is 1. The highest BCUT2D eigenvalue weighted by Gasteiger charge is 2.08. The van der Waals surface area contributed by atoms with Gasteiger partial charge in [-0.25, -0.2) is 0 Å². The fraction of sp³-hybridized carbons (Fsp3) is 0.0714. The molecular formula is C14H12N2O3. The van der Waals surface area contributed by atoms with E-state index < -0.39 is 4.92 Å². The third-order valence-electron chi connectivity index (χ3n) is 2.56. The minimum Gasteiger partial charge on any atom is -0.506 e. The third kappa shape index (κ3) is 3.16. The highest BCUT2D eigenvalue weighted by atomic mass is 16.6. The first-order valence-electron chi connectivity index (χ1n) is 5.64. The zero-order chi connectivity index (χ0) is 13.8. The molecule has 0 atom stereocenters. The number of non-ortho nitro benzene ring substituents is 1. The monoisotopic (exact) mass is 256 g/mol. The number of hydrogen-bond donors (Lipinski definition) is 1. The number of nitro benzene ring substituents is 1. The van der Waals surface area contributed by atoms with Crippen molar-refractivity contribution >= 4 is 17.6 Å². The molecular weight excluding hydrogens is 244 g/mol. The fourth-order valence-corrected chi connectivity index (χ4v) is 1.62. The van der Waals surface area contributed by atoms with Crippen molar-refractivity contribution in [3.63, 3.8) is 0 Å². The summed E-state index contributed by atoms with van der Waals surface area (Å²) in [5.74, 6) is -0.0884. The van der Waals surface area contributed by atoms with Crippen LogP contribution in [0.3, 0.4) is 0 Å². The lowest BCUT2D eigenvalue weighted by Gasteiger charge is -1.99. The number of rotatable bonds is 3. The summed E-state index contributed by atoms with van der Waals surface area (Å²) in [6.07, 6.45) is 1.56. The molecule has 96 valence electrons. The Kier molecular flexibility index (Phi) is 3.56. The molecule has 0 bridgehead atoms. The Morgan fingerprint density at radius 3 is 2.74 bits per heavy atom. The van der Waals surface area contributed by atoms with Gasteiger partial charge in [0.05, 0.1) is 4.92 Å². The van der Waals surface area contributed by atoms with Gasteiger partial charge >= 0.3 is 0 Å². The second kappa shape index (κ2) is 5.30. The number of benzene rings is 2. The van der Waals surface area contributed by atoms with Crippen LogP contribution in [-0.2, 0) is 0 Å². The molecule has 0 radical (unpaired) electrons. The lowest BCUT2D eigenvalue weighted by molar-refractivity contribution is -0.384. The first kappa shape index (κ1) is 12.8. The van der Waals surface area contributed by atoms with Gasteiger partial charge in [-0.05, 0) is 18.6 Å². The van der Waals surface area contributed by atoms with E-state index in [1.165, 1.54) is 18.2 Å². The second-order valence-electron chi connectivity index (χ2n) is 4.10. The third-order valence-corrected chi connectivity index (χ3v) is 2.56. The Bertz CT molecular complexity index is 651. The summed E-state index contributed by atoms with van der Waals surface area (Å²) in [6.45, 7) is 1.96. The van der Waals surface area contributed by atoms with Crippen molar-refractivity contribution in [2.45, 2.75) is 6.92 Å². The van der Waals surface area contributed by atoms with Crippen LogP contribution in [0.1, 0.15) is 11.1 Å². The lowest BCUT2D eigenvalue weighted by atomic mass is 10.1. The molecule has 0 aliphatic heterocycles. The molecule has 0 saturated carbocycles. The van der Waals surface area contributed by atoms with Crippen molar-refractivity contribution in [2.75, 3.05) is 0 Å². The van der Waals surface area contributed by atoms with Gasteiger partial charge in [0.15, 0.2) is 0 Å². The Balaban J connectivity index is 2.32. The van der Waals surface area contributed by atoms with Crippen LogP contribution in [0.5, 0.6) is 5.75 Å². The number of aromatic hydroxyl groups is 1.